The molecule has 30 heavy (non-hydrogen) atoms. The molecule has 1 N–H and O–H groups in total. The van der Waals surface area contributed by atoms with Gasteiger partial charge in [0.1, 0.15) is 17.7 Å². The van der Waals surface area contributed by atoms with Gasteiger partial charge in [-0.05, 0) is 33.3 Å². The van der Waals surface area contributed by atoms with E-state index in [0.717, 1.165) is 17.6 Å². The van der Waals surface area contributed by atoms with Crippen LogP contribution in [0.5, 0.6) is 5.75 Å². The van der Waals surface area contributed by atoms with Gasteiger partial charge in [-0.1, -0.05) is 0 Å². The second-order valence-electron chi connectivity index (χ2n) is 6.56. The molecule has 0 radical (unpaired) electrons. The van der Waals surface area contributed by atoms with Gasteiger partial charge in [0.25, 0.3) is 0 Å². The molecule has 3 aromatic rings. The van der Waals surface area contributed by atoms with Crippen molar-refractivity contribution < 1.29 is 19.0 Å². The molecule has 156 valence electrons. The summed E-state index contributed by atoms with van der Waals surface area (Å²) < 4.78 is 20.1. The average Bonchev–Trinajstić information content (AvgIpc) is 3.19. The van der Waals surface area contributed by atoms with Gasteiger partial charge in [0, 0.05) is 32.0 Å². The van der Waals surface area contributed by atoms with Crippen molar-refractivity contribution in [3.8, 4) is 17.3 Å². The second kappa shape index (κ2) is 8.65. The van der Waals surface area contributed by atoms with Gasteiger partial charge in [0.2, 0.25) is 11.8 Å². The number of hydrogen-bond acceptors (Lipinski definition) is 9. The van der Waals surface area contributed by atoms with Crippen molar-refractivity contribution >= 4 is 27.8 Å². The Morgan fingerprint density at radius 1 is 1.27 bits per heavy atom. The molecule has 13 heteroatoms. The first-order valence-corrected chi connectivity index (χ1v) is 9.83. The largest absolute Gasteiger partial charge is 0.489 e. The second-order valence-corrected chi connectivity index (χ2v) is 7.41. The summed E-state index contributed by atoms with van der Waals surface area (Å²) in [5, 5.41) is 28.3. The average molecular weight is 479 g/mol. The molecule has 0 atom stereocenters. The number of aliphatic carboxylic acids is 1. The fraction of sp³-hybridized carbons (Fsp3) is 0.353. The van der Waals surface area contributed by atoms with Crippen molar-refractivity contribution in [2.45, 2.75) is 25.5 Å². The van der Waals surface area contributed by atoms with Crippen LogP contribution in [0.3, 0.4) is 0 Å². The number of tetrazole rings is 1. The lowest BCUT2D eigenvalue weighted by Gasteiger charge is -2.32. The molecule has 0 unspecified atom stereocenters. The van der Waals surface area contributed by atoms with Crippen molar-refractivity contribution in [3.05, 3.63) is 34.7 Å². The topological polar surface area (TPSA) is 132 Å². The van der Waals surface area contributed by atoms with Crippen LogP contribution in [0.25, 0.3) is 11.5 Å². The van der Waals surface area contributed by atoms with Crippen LogP contribution in [-0.2, 0) is 11.3 Å². The third kappa shape index (κ3) is 4.67. The number of rotatable bonds is 6. The molecule has 3 heterocycles. The van der Waals surface area contributed by atoms with E-state index < -0.39 is 12.5 Å². The summed E-state index contributed by atoms with van der Waals surface area (Å²) in [4.78, 5) is 17.9. The number of benzene rings is 1. The van der Waals surface area contributed by atoms with Gasteiger partial charge in [-0.2, -0.15) is 4.80 Å². The van der Waals surface area contributed by atoms with Gasteiger partial charge < -0.3 is 14.7 Å². The van der Waals surface area contributed by atoms with Crippen LogP contribution in [0.4, 0.5) is 10.3 Å². The number of hydrogen-bond donors (Lipinski definition) is 1. The number of halogens is 2. The van der Waals surface area contributed by atoms with Gasteiger partial charge in [0.05, 0.1) is 10.7 Å². The Balaban J connectivity index is 1.35. The molecule has 4 rings (SSSR count). The van der Waals surface area contributed by atoms with Gasteiger partial charge in [-0.3, -0.25) is 4.79 Å². The fourth-order valence-electron chi connectivity index (χ4n) is 2.97. The monoisotopic (exact) mass is 478 g/mol. The van der Waals surface area contributed by atoms with E-state index in [4.69, 9.17) is 9.84 Å². The zero-order chi connectivity index (χ0) is 21.1. The number of anilines is 1. The van der Waals surface area contributed by atoms with E-state index in [1.165, 1.54) is 18.3 Å². The standard InChI is InChI=1S/C17H16BrFN8O3/c18-12-2-1-10(19)7-14(12)30-11-3-5-26(6-4-11)17-20-8-13(21-23-17)16-22-25-27(24-16)9-15(28)29/h1-2,7-8,11H,3-6,9H2,(H,28,29). The highest BCUT2D eigenvalue weighted by molar-refractivity contribution is 9.10. The number of piperidine rings is 1. The molecule has 11 nitrogen and oxygen atoms in total. The molecule has 0 aliphatic carbocycles. The summed E-state index contributed by atoms with van der Waals surface area (Å²) >= 11 is 3.37. The molecule has 1 saturated heterocycles. The highest BCUT2D eigenvalue weighted by Crippen LogP contribution is 2.29. The maximum atomic E-state index is 13.4. The Morgan fingerprint density at radius 2 is 2.07 bits per heavy atom. The molecule has 0 saturated carbocycles. The maximum Gasteiger partial charge on any atom is 0.327 e. The van der Waals surface area contributed by atoms with Crippen LogP contribution in [0.2, 0.25) is 0 Å². The van der Waals surface area contributed by atoms with E-state index in [-0.39, 0.29) is 17.7 Å². The predicted octanol–water partition coefficient (Wildman–Crippen LogP) is 1.56. The lowest BCUT2D eigenvalue weighted by molar-refractivity contribution is -0.138. The number of aromatic nitrogens is 7. The quantitative estimate of drug-likeness (QED) is 0.556. The molecule has 0 spiro atoms. The Bertz CT molecular complexity index is 1040. The molecule has 1 fully saturated rings. The number of nitrogens with zero attached hydrogens (tertiary/aromatic N) is 8. The smallest absolute Gasteiger partial charge is 0.327 e. The number of carboxylic acid groups (broad SMARTS) is 1. The first-order chi connectivity index (χ1) is 14.5. The summed E-state index contributed by atoms with van der Waals surface area (Å²) in [6.07, 6.45) is 2.87. The number of ether oxygens (including phenoxy) is 1. The summed E-state index contributed by atoms with van der Waals surface area (Å²) in [6, 6.07) is 4.36. The summed E-state index contributed by atoms with van der Waals surface area (Å²) in [6.45, 7) is 0.923. The summed E-state index contributed by atoms with van der Waals surface area (Å²) in [5.74, 6) is -0.324. The van der Waals surface area contributed by atoms with Gasteiger partial charge in [-0.25, -0.2) is 9.37 Å². The number of carbonyl (C=O) groups is 1. The third-order valence-electron chi connectivity index (χ3n) is 4.42. The normalized spacial score (nSPS) is 14.7. The first-order valence-electron chi connectivity index (χ1n) is 9.04. The molecule has 1 aromatic carbocycles. The molecule has 1 aliphatic rings. The Morgan fingerprint density at radius 3 is 2.77 bits per heavy atom. The van der Waals surface area contributed by atoms with Crippen molar-refractivity contribution in [2.24, 2.45) is 0 Å². The van der Waals surface area contributed by atoms with Crippen LogP contribution in [0, 0.1) is 5.82 Å². The molecule has 0 amide bonds. The van der Waals surface area contributed by atoms with Crippen LogP contribution in [0.1, 0.15) is 12.8 Å². The molecule has 0 bridgehead atoms. The van der Waals surface area contributed by atoms with Gasteiger partial charge in [-0.15, -0.1) is 20.4 Å². The third-order valence-corrected chi connectivity index (χ3v) is 5.07. The molecule has 1 aliphatic heterocycles. The first kappa shape index (κ1) is 20.1. The summed E-state index contributed by atoms with van der Waals surface area (Å²) in [7, 11) is 0. The lowest BCUT2D eigenvalue weighted by atomic mass is 10.1. The predicted molar refractivity (Wildman–Crippen MR) is 104 cm³/mol. The molecule has 2 aromatic heterocycles. The summed E-state index contributed by atoms with van der Waals surface area (Å²) in [5.41, 5.74) is 0.296. The maximum absolute atomic E-state index is 13.4. The van der Waals surface area contributed by atoms with Gasteiger partial charge >= 0.3 is 5.97 Å². The molecular weight excluding hydrogens is 463 g/mol. The van der Waals surface area contributed by atoms with Crippen molar-refractivity contribution in [2.75, 3.05) is 18.0 Å². The van der Waals surface area contributed by atoms with Crippen molar-refractivity contribution in [1.82, 2.24) is 35.4 Å². The minimum atomic E-state index is -1.07. The van der Waals surface area contributed by atoms with E-state index in [1.807, 2.05) is 4.90 Å². The highest BCUT2D eigenvalue weighted by Gasteiger charge is 2.23. The zero-order valence-electron chi connectivity index (χ0n) is 15.5. The van der Waals surface area contributed by atoms with E-state index in [2.05, 4.69) is 46.5 Å². The number of carboxylic acids is 1. The van der Waals surface area contributed by atoms with E-state index in [0.29, 0.717) is 35.0 Å². The SMILES string of the molecule is O=C(O)Cn1nnc(-c2cnc(N3CCC(Oc4cc(F)ccc4Br)CC3)nn2)n1. The van der Waals surface area contributed by atoms with E-state index in [9.17, 15) is 9.18 Å². The Hall–Kier alpha value is -3.22. The Kier molecular flexibility index (Phi) is 5.79. The Labute approximate surface area is 178 Å². The highest BCUT2D eigenvalue weighted by atomic mass is 79.9. The van der Waals surface area contributed by atoms with Crippen molar-refractivity contribution in [3.63, 3.8) is 0 Å². The van der Waals surface area contributed by atoms with Crippen LogP contribution >= 0.6 is 15.9 Å². The van der Waals surface area contributed by atoms with E-state index >= 15 is 0 Å². The minimum absolute atomic E-state index is 0.0416. The van der Waals surface area contributed by atoms with Crippen LogP contribution < -0.4 is 9.64 Å². The van der Waals surface area contributed by atoms with Gasteiger partial charge in [0.15, 0.2) is 12.2 Å². The zero-order valence-corrected chi connectivity index (χ0v) is 17.1. The molecular formula is C17H16BrFN8O3. The van der Waals surface area contributed by atoms with Crippen molar-refractivity contribution in [1.29, 1.82) is 0 Å². The fourth-order valence-corrected chi connectivity index (χ4v) is 3.31. The minimum Gasteiger partial charge on any atom is -0.489 e. The lowest BCUT2D eigenvalue weighted by Crippen LogP contribution is -2.39. The van der Waals surface area contributed by atoms with E-state index in [1.54, 1.807) is 6.07 Å². The van der Waals surface area contributed by atoms with Crippen LogP contribution in [-0.4, -0.2) is 65.7 Å². The van der Waals surface area contributed by atoms with Crippen LogP contribution in [0.15, 0.2) is 28.9 Å².